The minimum atomic E-state index is -3.63. The van der Waals surface area contributed by atoms with E-state index in [-0.39, 0.29) is 4.21 Å². The molecule has 2 heterocycles. The summed E-state index contributed by atoms with van der Waals surface area (Å²) < 4.78 is 27.9. The summed E-state index contributed by atoms with van der Waals surface area (Å²) in [6.07, 6.45) is 3.80. The number of nitrogens with zero attached hydrogens (tertiary/aromatic N) is 2. The van der Waals surface area contributed by atoms with Crippen molar-refractivity contribution in [2.75, 3.05) is 19.6 Å². The maximum Gasteiger partial charge on any atom is 0.252 e. The number of hydrogen-bond donors (Lipinski definition) is 2. The second-order valence-corrected chi connectivity index (χ2v) is 11.4. The minimum Gasteiger partial charge on any atom is -0.332 e. The molecule has 0 spiro atoms. The van der Waals surface area contributed by atoms with E-state index in [9.17, 15) is 18.5 Å². The zero-order chi connectivity index (χ0) is 23.1. The molecular weight excluding hydrogens is 468 g/mol. The third kappa shape index (κ3) is 6.09. The van der Waals surface area contributed by atoms with E-state index in [4.69, 9.17) is 11.6 Å². The number of thiophene rings is 1. The maximum absolute atomic E-state index is 13.1. The molecule has 1 aromatic carbocycles. The van der Waals surface area contributed by atoms with E-state index in [1.807, 2.05) is 6.07 Å². The van der Waals surface area contributed by atoms with Gasteiger partial charge in [0, 0.05) is 34.6 Å². The van der Waals surface area contributed by atoms with Crippen LogP contribution in [0.2, 0.25) is 5.02 Å². The first kappa shape index (κ1) is 24.7. The molecule has 0 radical (unpaired) electrons. The Bertz CT molecular complexity index is 1060. The molecule has 3 rings (SSSR count). The van der Waals surface area contributed by atoms with Gasteiger partial charge in [0.2, 0.25) is 0 Å². The predicted molar refractivity (Wildman–Crippen MR) is 126 cm³/mol. The van der Waals surface area contributed by atoms with Crippen LogP contribution < -0.4 is 10.6 Å². The van der Waals surface area contributed by atoms with E-state index in [1.54, 1.807) is 30.3 Å². The Morgan fingerprint density at radius 1 is 1.25 bits per heavy atom. The first-order chi connectivity index (χ1) is 15.3. The first-order valence-electron chi connectivity index (χ1n) is 10.6. The first-order valence-corrected chi connectivity index (χ1v) is 13.3. The number of unbranched alkanes of at least 4 members (excludes halogenated alkanes) is 1. The third-order valence-corrected chi connectivity index (χ3v) is 9.18. The van der Waals surface area contributed by atoms with Gasteiger partial charge in [-0.05, 0) is 62.2 Å². The van der Waals surface area contributed by atoms with Gasteiger partial charge in [-0.2, -0.15) is 9.57 Å². The van der Waals surface area contributed by atoms with E-state index in [0.717, 1.165) is 43.6 Å². The fourth-order valence-electron chi connectivity index (χ4n) is 3.52. The Labute approximate surface area is 198 Å². The van der Waals surface area contributed by atoms with Crippen LogP contribution in [0.25, 0.3) is 0 Å². The molecule has 2 N–H and O–H groups in total. The molecule has 1 unspecified atom stereocenters. The number of rotatable bonds is 9. The van der Waals surface area contributed by atoms with Crippen molar-refractivity contribution in [2.24, 2.45) is 0 Å². The van der Waals surface area contributed by atoms with Crippen LogP contribution in [-0.2, 0) is 10.0 Å². The van der Waals surface area contributed by atoms with Crippen LogP contribution in [0.15, 0.2) is 40.6 Å². The highest BCUT2D eigenvalue weighted by atomic mass is 35.5. The molecule has 1 fully saturated rings. The standard InChI is InChI=1S/C22H27ClN4O3S2/c1-2-3-12-25-18-10-13-27(14-11-18)32(29,30)21-9-8-20(31-21)19(15-24)26-22(28)16-4-6-17(23)7-5-16/h4-9,18-19,25H,2-3,10-14H2,1H3,(H,26,28). The molecule has 1 aliphatic rings. The maximum atomic E-state index is 13.1. The summed E-state index contributed by atoms with van der Waals surface area (Å²) in [5.41, 5.74) is 0.370. The number of piperidine rings is 1. The van der Waals surface area contributed by atoms with Gasteiger partial charge in [-0.3, -0.25) is 4.79 Å². The monoisotopic (exact) mass is 494 g/mol. The number of amides is 1. The smallest absolute Gasteiger partial charge is 0.252 e. The molecule has 1 atom stereocenters. The lowest BCUT2D eigenvalue weighted by atomic mass is 10.1. The second kappa shape index (κ2) is 11.3. The zero-order valence-corrected chi connectivity index (χ0v) is 20.3. The fraction of sp³-hybridized carbons (Fsp3) is 0.455. The summed E-state index contributed by atoms with van der Waals surface area (Å²) in [6, 6.07) is 10.9. The second-order valence-electron chi connectivity index (χ2n) is 7.69. The number of carbonyl (C=O) groups is 1. The number of carbonyl (C=O) groups excluding carboxylic acids is 1. The number of sulfonamides is 1. The molecule has 2 aromatic rings. The molecular formula is C22H27ClN4O3S2. The van der Waals surface area contributed by atoms with Gasteiger partial charge in [-0.25, -0.2) is 8.42 Å². The summed E-state index contributed by atoms with van der Waals surface area (Å²) in [5, 5.41) is 16.2. The van der Waals surface area contributed by atoms with Gasteiger partial charge in [-0.15, -0.1) is 11.3 Å². The zero-order valence-electron chi connectivity index (χ0n) is 17.9. The largest absolute Gasteiger partial charge is 0.332 e. The van der Waals surface area contributed by atoms with Gasteiger partial charge in [0.1, 0.15) is 4.21 Å². The van der Waals surface area contributed by atoms with Crippen LogP contribution in [0.4, 0.5) is 0 Å². The highest BCUT2D eigenvalue weighted by Gasteiger charge is 2.31. The fourth-order valence-corrected chi connectivity index (χ4v) is 6.59. The van der Waals surface area contributed by atoms with Crippen molar-refractivity contribution >= 4 is 38.9 Å². The summed E-state index contributed by atoms with van der Waals surface area (Å²) in [6.45, 7) is 4.04. The van der Waals surface area contributed by atoms with Crippen LogP contribution in [0.5, 0.6) is 0 Å². The third-order valence-electron chi connectivity index (χ3n) is 5.41. The van der Waals surface area contributed by atoms with Gasteiger partial charge in [0.05, 0.1) is 6.07 Å². The van der Waals surface area contributed by atoms with Gasteiger partial charge in [0.15, 0.2) is 6.04 Å². The number of nitrogens with one attached hydrogen (secondary N) is 2. The van der Waals surface area contributed by atoms with Gasteiger partial charge < -0.3 is 10.6 Å². The average molecular weight is 495 g/mol. The van der Waals surface area contributed by atoms with Crippen molar-refractivity contribution in [1.82, 2.24) is 14.9 Å². The summed E-state index contributed by atoms with van der Waals surface area (Å²) in [4.78, 5) is 12.9. The van der Waals surface area contributed by atoms with E-state index >= 15 is 0 Å². The molecule has 32 heavy (non-hydrogen) atoms. The number of halogens is 1. The Hall–Kier alpha value is -1.96. The average Bonchev–Trinajstić information content (AvgIpc) is 3.29. The van der Waals surface area contributed by atoms with E-state index < -0.39 is 22.0 Å². The van der Waals surface area contributed by atoms with Crippen LogP contribution in [0.3, 0.4) is 0 Å². The topological polar surface area (TPSA) is 102 Å². The summed E-state index contributed by atoms with van der Waals surface area (Å²) >= 11 is 6.86. The molecule has 1 aromatic heterocycles. The van der Waals surface area contributed by atoms with Crippen LogP contribution in [0, 0.1) is 11.3 Å². The molecule has 1 saturated heterocycles. The molecule has 0 saturated carbocycles. The Kier molecular flexibility index (Phi) is 8.68. The summed E-state index contributed by atoms with van der Waals surface area (Å²) in [5.74, 6) is -0.427. The lowest BCUT2D eigenvalue weighted by Gasteiger charge is -2.31. The normalized spacial score (nSPS) is 16.4. The van der Waals surface area contributed by atoms with Gasteiger partial charge in [-0.1, -0.05) is 24.9 Å². The van der Waals surface area contributed by atoms with Crippen molar-refractivity contribution in [3.8, 4) is 6.07 Å². The lowest BCUT2D eigenvalue weighted by molar-refractivity contribution is 0.0945. The Balaban J connectivity index is 1.64. The molecule has 7 nitrogen and oxygen atoms in total. The van der Waals surface area contributed by atoms with Crippen LogP contribution in [-0.4, -0.2) is 44.3 Å². The minimum absolute atomic E-state index is 0.186. The van der Waals surface area contributed by atoms with Gasteiger partial charge >= 0.3 is 0 Å². The molecule has 172 valence electrons. The number of nitriles is 1. The molecule has 1 amide bonds. The molecule has 0 aliphatic carbocycles. The van der Waals surface area contributed by atoms with Crippen molar-refractivity contribution in [3.63, 3.8) is 0 Å². The predicted octanol–water partition coefficient (Wildman–Crippen LogP) is 3.94. The summed E-state index contributed by atoms with van der Waals surface area (Å²) in [7, 11) is -3.63. The highest BCUT2D eigenvalue weighted by molar-refractivity contribution is 7.91. The van der Waals surface area contributed by atoms with Crippen molar-refractivity contribution in [2.45, 2.75) is 48.9 Å². The Morgan fingerprint density at radius 2 is 1.94 bits per heavy atom. The number of benzene rings is 1. The van der Waals surface area contributed by atoms with Crippen molar-refractivity contribution in [3.05, 3.63) is 51.9 Å². The quantitative estimate of drug-likeness (QED) is 0.514. The highest BCUT2D eigenvalue weighted by Crippen LogP contribution is 2.30. The van der Waals surface area contributed by atoms with Crippen LogP contribution >= 0.6 is 22.9 Å². The lowest BCUT2D eigenvalue weighted by Crippen LogP contribution is -2.44. The van der Waals surface area contributed by atoms with E-state index in [0.29, 0.717) is 34.6 Å². The molecule has 1 aliphatic heterocycles. The Morgan fingerprint density at radius 3 is 2.56 bits per heavy atom. The van der Waals surface area contributed by atoms with Crippen molar-refractivity contribution < 1.29 is 13.2 Å². The van der Waals surface area contributed by atoms with E-state index in [1.165, 1.54) is 10.4 Å². The van der Waals surface area contributed by atoms with Crippen molar-refractivity contribution in [1.29, 1.82) is 5.26 Å². The van der Waals surface area contributed by atoms with E-state index in [2.05, 4.69) is 17.6 Å². The molecule has 0 bridgehead atoms. The van der Waals surface area contributed by atoms with Gasteiger partial charge in [0.25, 0.3) is 15.9 Å². The van der Waals surface area contributed by atoms with Crippen LogP contribution in [0.1, 0.15) is 53.9 Å². The SMILES string of the molecule is CCCCNC1CCN(S(=O)(=O)c2ccc(C(C#N)NC(=O)c3ccc(Cl)cc3)s2)CC1. The molecule has 10 heteroatoms. The number of hydrogen-bond acceptors (Lipinski definition) is 6.